The van der Waals surface area contributed by atoms with Crippen molar-refractivity contribution >= 4 is 0 Å². The number of rotatable bonds is 6. The number of hydrogen-bond donors (Lipinski definition) is 1. The first kappa shape index (κ1) is 10.4. The molecule has 0 aliphatic heterocycles. The zero-order valence-electron chi connectivity index (χ0n) is 9.15. The summed E-state index contributed by atoms with van der Waals surface area (Å²) in [6.07, 6.45) is 5.78. The third kappa shape index (κ3) is 2.93. The summed E-state index contributed by atoms with van der Waals surface area (Å²) in [7, 11) is 0. The van der Waals surface area contributed by atoms with Gasteiger partial charge in [0.2, 0.25) is 0 Å². The molecular weight excluding hydrogens is 182 g/mol. The summed E-state index contributed by atoms with van der Waals surface area (Å²) in [6, 6.07) is 11.3. The summed E-state index contributed by atoms with van der Waals surface area (Å²) in [5.74, 6) is 0.859. The second kappa shape index (κ2) is 5.13. The molecule has 1 nitrogen and oxygen atoms in total. The molecule has 0 spiro atoms. The minimum Gasteiger partial charge on any atom is -0.309 e. The Balaban J connectivity index is 1.97. The molecule has 1 N–H and O–H groups in total. The molecule has 1 fully saturated rings. The molecule has 1 aromatic carbocycles. The van der Waals surface area contributed by atoms with Crippen molar-refractivity contribution in [1.29, 1.82) is 0 Å². The Morgan fingerprint density at radius 2 is 2.07 bits per heavy atom. The van der Waals surface area contributed by atoms with Crippen molar-refractivity contribution in [3.05, 3.63) is 48.6 Å². The van der Waals surface area contributed by atoms with E-state index in [4.69, 9.17) is 0 Å². The van der Waals surface area contributed by atoms with E-state index >= 15 is 0 Å². The van der Waals surface area contributed by atoms with Crippen molar-refractivity contribution in [3.8, 4) is 0 Å². The monoisotopic (exact) mass is 201 g/mol. The van der Waals surface area contributed by atoms with Crippen LogP contribution >= 0.6 is 0 Å². The molecule has 0 heterocycles. The molecule has 0 bridgehead atoms. The first-order valence-electron chi connectivity index (χ1n) is 5.81. The highest BCUT2D eigenvalue weighted by atomic mass is 14.9. The third-order valence-corrected chi connectivity index (χ3v) is 2.96. The van der Waals surface area contributed by atoms with Crippen molar-refractivity contribution in [2.75, 3.05) is 6.54 Å². The smallest absolute Gasteiger partial charge is 0.0348 e. The van der Waals surface area contributed by atoms with Gasteiger partial charge in [-0.1, -0.05) is 36.4 Å². The van der Waals surface area contributed by atoms with Gasteiger partial charge in [-0.2, -0.15) is 0 Å². The normalized spacial score (nSPS) is 17.3. The van der Waals surface area contributed by atoms with Crippen LogP contribution in [0, 0.1) is 5.92 Å². The van der Waals surface area contributed by atoms with E-state index in [2.05, 4.69) is 42.2 Å². The predicted octanol–water partition coefficient (Wildman–Crippen LogP) is 3.30. The van der Waals surface area contributed by atoms with E-state index in [9.17, 15) is 0 Å². The van der Waals surface area contributed by atoms with Crippen molar-refractivity contribution in [2.45, 2.75) is 25.3 Å². The average molecular weight is 201 g/mol. The van der Waals surface area contributed by atoms with E-state index in [0.29, 0.717) is 6.04 Å². The molecule has 1 aliphatic carbocycles. The highest BCUT2D eigenvalue weighted by Crippen LogP contribution is 2.40. The van der Waals surface area contributed by atoms with Crippen molar-refractivity contribution in [2.24, 2.45) is 5.92 Å². The van der Waals surface area contributed by atoms with Crippen LogP contribution in [0.2, 0.25) is 0 Å². The van der Waals surface area contributed by atoms with Crippen LogP contribution < -0.4 is 5.32 Å². The molecule has 0 saturated heterocycles. The summed E-state index contributed by atoms with van der Waals surface area (Å²) < 4.78 is 0. The Morgan fingerprint density at radius 3 is 2.67 bits per heavy atom. The van der Waals surface area contributed by atoms with Gasteiger partial charge in [-0.15, -0.1) is 6.58 Å². The molecule has 15 heavy (non-hydrogen) atoms. The van der Waals surface area contributed by atoms with Crippen LogP contribution in [-0.4, -0.2) is 6.54 Å². The molecule has 80 valence electrons. The number of nitrogens with one attached hydrogen (secondary N) is 1. The molecule has 0 aromatic heterocycles. The lowest BCUT2D eigenvalue weighted by molar-refractivity contribution is 0.487. The van der Waals surface area contributed by atoms with Crippen LogP contribution in [0.1, 0.15) is 30.9 Å². The summed E-state index contributed by atoms with van der Waals surface area (Å²) in [5.41, 5.74) is 1.43. The Morgan fingerprint density at radius 1 is 1.33 bits per heavy atom. The highest BCUT2D eigenvalue weighted by Gasteiger charge is 2.31. The van der Waals surface area contributed by atoms with Crippen molar-refractivity contribution < 1.29 is 0 Å². The second-order valence-corrected chi connectivity index (χ2v) is 4.26. The topological polar surface area (TPSA) is 12.0 Å². The van der Waals surface area contributed by atoms with E-state index in [1.807, 2.05) is 6.08 Å². The summed E-state index contributed by atoms with van der Waals surface area (Å²) >= 11 is 0. The van der Waals surface area contributed by atoms with Crippen LogP contribution in [0.25, 0.3) is 0 Å². The van der Waals surface area contributed by atoms with Gasteiger partial charge in [-0.05, 0) is 37.3 Å². The molecule has 0 radical (unpaired) electrons. The zero-order chi connectivity index (χ0) is 10.5. The lowest BCUT2D eigenvalue weighted by Gasteiger charge is -2.18. The van der Waals surface area contributed by atoms with Gasteiger partial charge in [0.05, 0.1) is 0 Å². The molecule has 2 rings (SSSR count). The quantitative estimate of drug-likeness (QED) is 0.550. The zero-order valence-corrected chi connectivity index (χ0v) is 9.15. The van der Waals surface area contributed by atoms with Crippen LogP contribution in [0.4, 0.5) is 0 Å². The van der Waals surface area contributed by atoms with E-state index in [-0.39, 0.29) is 0 Å². The van der Waals surface area contributed by atoms with Crippen molar-refractivity contribution in [1.82, 2.24) is 5.32 Å². The highest BCUT2D eigenvalue weighted by molar-refractivity contribution is 5.21. The maximum atomic E-state index is 3.75. The number of benzene rings is 1. The average Bonchev–Trinajstić information content (AvgIpc) is 3.10. The summed E-state index contributed by atoms with van der Waals surface area (Å²) in [6.45, 7) is 4.79. The maximum absolute atomic E-state index is 3.75. The standard InChI is InChI=1S/C14H19N/c1-2-3-11-15-14(13-9-10-13)12-7-5-4-6-8-12/h2,4-8,13-15H,1,3,9-11H2. The van der Waals surface area contributed by atoms with Gasteiger partial charge in [0, 0.05) is 6.04 Å². The van der Waals surface area contributed by atoms with Crippen LogP contribution in [-0.2, 0) is 0 Å². The van der Waals surface area contributed by atoms with Crippen LogP contribution in [0.15, 0.2) is 43.0 Å². The molecule has 1 atom stereocenters. The van der Waals surface area contributed by atoms with E-state index in [0.717, 1.165) is 18.9 Å². The van der Waals surface area contributed by atoms with Crippen LogP contribution in [0.3, 0.4) is 0 Å². The third-order valence-electron chi connectivity index (χ3n) is 2.96. The molecule has 1 aromatic rings. The predicted molar refractivity (Wildman–Crippen MR) is 64.7 cm³/mol. The Labute approximate surface area is 92.2 Å². The lowest BCUT2D eigenvalue weighted by atomic mass is 10.0. The SMILES string of the molecule is C=CCCNC(c1ccccc1)C1CC1. The Bertz CT molecular complexity index is 300. The lowest BCUT2D eigenvalue weighted by Crippen LogP contribution is -2.23. The maximum Gasteiger partial charge on any atom is 0.0348 e. The van der Waals surface area contributed by atoms with Gasteiger partial charge < -0.3 is 5.32 Å². The first-order chi connectivity index (χ1) is 7.42. The fourth-order valence-corrected chi connectivity index (χ4v) is 1.99. The largest absolute Gasteiger partial charge is 0.309 e. The van der Waals surface area contributed by atoms with Gasteiger partial charge >= 0.3 is 0 Å². The Kier molecular flexibility index (Phi) is 3.57. The van der Waals surface area contributed by atoms with Crippen molar-refractivity contribution in [3.63, 3.8) is 0 Å². The molecule has 0 amide bonds. The number of hydrogen-bond acceptors (Lipinski definition) is 1. The molecule has 1 saturated carbocycles. The molecule has 1 heteroatoms. The molecule has 1 aliphatic rings. The first-order valence-corrected chi connectivity index (χ1v) is 5.81. The van der Waals surface area contributed by atoms with Crippen LogP contribution in [0.5, 0.6) is 0 Å². The van der Waals surface area contributed by atoms with Gasteiger partial charge in [-0.3, -0.25) is 0 Å². The molecule has 1 unspecified atom stereocenters. The summed E-state index contributed by atoms with van der Waals surface area (Å²) in [5, 5.41) is 3.63. The fourth-order valence-electron chi connectivity index (χ4n) is 1.99. The minimum atomic E-state index is 0.561. The fraction of sp³-hybridized carbons (Fsp3) is 0.429. The van der Waals surface area contributed by atoms with Gasteiger partial charge in [0.25, 0.3) is 0 Å². The van der Waals surface area contributed by atoms with Gasteiger partial charge in [0.15, 0.2) is 0 Å². The van der Waals surface area contributed by atoms with E-state index in [1.165, 1.54) is 18.4 Å². The minimum absolute atomic E-state index is 0.561. The molecular formula is C14H19N. The van der Waals surface area contributed by atoms with Gasteiger partial charge in [0.1, 0.15) is 0 Å². The van der Waals surface area contributed by atoms with Gasteiger partial charge in [-0.25, -0.2) is 0 Å². The summed E-state index contributed by atoms with van der Waals surface area (Å²) in [4.78, 5) is 0. The second-order valence-electron chi connectivity index (χ2n) is 4.26. The van der Waals surface area contributed by atoms with E-state index in [1.54, 1.807) is 0 Å². The van der Waals surface area contributed by atoms with E-state index < -0.39 is 0 Å². The Hall–Kier alpha value is -1.08.